The number of ether oxygens (including phenoxy) is 1. The second-order valence-corrected chi connectivity index (χ2v) is 8.65. The Morgan fingerprint density at radius 1 is 1.12 bits per heavy atom. The van der Waals surface area contributed by atoms with Crippen LogP contribution in [0.3, 0.4) is 0 Å². The predicted octanol–water partition coefficient (Wildman–Crippen LogP) is 5.44. The molecular weight excluding hydrogens is 424 g/mol. The Kier molecular flexibility index (Phi) is 7.28. The fourth-order valence-corrected chi connectivity index (χ4v) is 4.11. The van der Waals surface area contributed by atoms with Gasteiger partial charge in [0.2, 0.25) is 0 Å². The molecule has 0 bridgehead atoms. The number of carbonyl (C=O) groups excluding carboxylic acids is 1. The van der Waals surface area contributed by atoms with Gasteiger partial charge in [-0.1, -0.05) is 24.8 Å². The Hall–Kier alpha value is -3.64. The number of nitrogens with one attached hydrogen (secondary N) is 2. The molecule has 3 aromatic rings. The molecule has 0 saturated carbocycles. The first-order chi connectivity index (χ1) is 16.4. The van der Waals surface area contributed by atoms with Crippen LogP contribution in [0.5, 0.6) is 5.75 Å². The second-order valence-electron chi connectivity index (χ2n) is 8.65. The van der Waals surface area contributed by atoms with Crippen molar-refractivity contribution < 1.29 is 9.53 Å². The third kappa shape index (κ3) is 5.46. The summed E-state index contributed by atoms with van der Waals surface area (Å²) < 4.78 is 6.03. The van der Waals surface area contributed by atoms with Crippen molar-refractivity contribution >= 4 is 28.2 Å². The predicted molar refractivity (Wildman–Crippen MR) is 139 cm³/mol. The zero-order valence-electron chi connectivity index (χ0n) is 20.1. The average molecular weight is 457 g/mol. The molecular formula is C28H32N4O2. The van der Waals surface area contributed by atoms with Gasteiger partial charge in [0.25, 0.3) is 5.91 Å². The van der Waals surface area contributed by atoms with Crippen molar-refractivity contribution in [1.82, 2.24) is 15.2 Å². The van der Waals surface area contributed by atoms with Crippen molar-refractivity contribution in [2.75, 3.05) is 25.5 Å². The molecule has 0 aliphatic carbocycles. The summed E-state index contributed by atoms with van der Waals surface area (Å²) in [6.45, 7) is 9.99. The van der Waals surface area contributed by atoms with E-state index in [9.17, 15) is 4.79 Å². The Bertz CT molecular complexity index is 1210. The molecule has 6 heteroatoms. The van der Waals surface area contributed by atoms with Gasteiger partial charge in [-0.15, -0.1) is 0 Å². The van der Waals surface area contributed by atoms with Crippen LogP contribution in [0.1, 0.15) is 42.6 Å². The molecule has 2 heterocycles. The van der Waals surface area contributed by atoms with Crippen LogP contribution < -0.4 is 15.4 Å². The second kappa shape index (κ2) is 10.5. The number of hydrogen-bond donors (Lipinski definition) is 2. The van der Waals surface area contributed by atoms with Crippen LogP contribution in [-0.2, 0) is 0 Å². The topological polar surface area (TPSA) is 66.5 Å². The number of aromatic nitrogens is 1. The number of benzene rings is 2. The Morgan fingerprint density at radius 2 is 1.82 bits per heavy atom. The Balaban J connectivity index is 1.47. The highest BCUT2D eigenvalue weighted by Gasteiger charge is 2.15. The number of fused-ring (bicyclic) bond motifs is 1. The lowest BCUT2D eigenvalue weighted by Crippen LogP contribution is -2.34. The number of allylic oxidation sites excluding steroid dienone is 2. The molecule has 0 unspecified atom stereocenters. The van der Waals surface area contributed by atoms with E-state index in [0.29, 0.717) is 11.4 Å². The van der Waals surface area contributed by atoms with E-state index in [1.165, 1.54) is 0 Å². The SMILES string of the molecule is C=C(C)N(C)/C(=C\C)c1ccc2cnc(NC(=O)c3ccc(OC4CCNCC4)cc3)cc2c1. The molecule has 2 aromatic carbocycles. The molecule has 6 nitrogen and oxygen atoms in total. The zero-order chi connectivity index (χ0) is 24.1. The largest absolute Gasteiger partial charge is 0.490 e. The van der Waals surface area contributed by atoms with Crippen molar-refractivity contribution in [2.45, 2.75) is 32.8 Å². The third-order valence-corrected chi connectivity index (χ3v) is 6.17. The van der Waals surface area contributed by atoms with Crippen molar-refractivity contribution in [3.8, 4) is 5.75 Å². The number of amides is 1. The Labute approximate surface area is 201 Å². The minimum Gasteiger partial charge on any atom is -0.490 e. The van der Waals surface area contributed by atoms with E-state index in [-0.39, 0.29) is 12.0 Å². The monoisotopic (exact) mass is 456 g/mol. The molecule has 0 atom stereocenters. The minimum atomic E-state index is -0.201. The molecule has 1 aliphatic heterocycles. The maximum atomic E-state index is 12.8. The first-order valence-corrected chi connectivity index (χ1v) is 11.7. The Morgan fingerprint density at radius 3 is 2.50 bits per heavy atom. The van der Waals surface area contributed by atoms with E-state index in [2.05, 4.69) is 45.3 Å². The van der Waals surface area contributed by atoms with Crippen LogP contribution in [0, 0.1) is 0 Å². The number of anilines is 1. The van der Waals surface area contributed by atoms with E-state index >= 15 is 0 Å². The van der Waals surface area contributed by atoms with E-state index in [4.69, 9.17) is 4.74 Å². The number of pyridine rings is 1. The fourth-order valence-electron chi connectivity index (χ4n) is 4.11. The lowest BCUT2D eigenvalue weighted by atomic mass is 10.1. The highest BCUT2D eigenvalue weighted by atomic mass is 16.5. The third-order valence-electron chi connectivity index (χ3n) is 6.17. The molecule has 1 fully saturated rings. The summed E-state index contributed by atoms with van der Waals surface area (Å²) in [6.07, 6.45) is 6.07. The molecule has 0 spiro atoms. The van der Waals surface area contributed by atoms with Crippen LogP contribution in [0.15, 0.2) is 73.1 Å². The van der Waals surface area contributed by atoms with Gasteiger partial charge in [-0.25, -0.2) is 4.98 Å². The molecule has 2 N–H and O–H groups in total. The van der Waals surface area contributed by atoms with Gasteiger partial charge in [-0.3, -0.25) is 4.79 Å². The van der Waals surface area contributed by atoms with Crippen LogP contribution >= 0.6 is 0 Å². The summed E-state index contributed by atoms with van der Waals surface area (Å²) >= 11 is 0. The molecule has 176 valence electrons. The van der Waals surface area contributed by atoms with Gasteiger partial charge in [0.1, 0.15) is 17.7 Å². The highest BCUT2D eigenvalue weighted by Crippen LogP contribution is 2.26. The van der Waals surface area contributed by atoms with Gasteiger partial charge in [0.15, 0.2) is 0 Å². The molecule has 1 aromatic heterocycles. The molecule has 1 aliphatic rings. The number of nitrogens with zero attached hydrogens (tertiary/aromatic N) is 2. The van der Waals surface area contributed by atoms with Crippen molar-refractivity contribution in [3.05, 3.63) is 84.2 Å². The maximum Gasteiger partial charge on any atom is 0.256 e. The summed E-state index contributed by atoms with van der Waals surface area (Å²) in [4.78, 5) is 19.3. The summed E-state index contributed by atoms with van der Waals surface area (Å²) in [5.74, 6) is 1.10. The molecule has 1 saturated heterocycles. The van der Waals surface area contributed by atoms with Gasteiger partial charge >= 0.3 is 0 Å². The number of rotatable bonds is 7. The minimum absolute atomic E-state index is 0.201. The van der Waals surface area contributed by atoms with E-state index in [0.717, 1.165) is 59.4 Å². The molecule has 4 rings (SSSR count). The van der Waals surface area contributed by atoms with Crippen LogP contribution in [0.2, 0.25) is 0 Å². The summed E-state index contributed by atoms with van der Waals surface area (Å²) in [5, 5.41) is 8.26. The lowest BCUT2D eigenvalue weighted by Gasteiger charge is -2.23. The number of hydrogen-bond acceptors (Lipinski definition) is 5. The molecule has 1 amide bonds. The van der Waals surface area contributed by atoms with Crippen molar-refractivity contribution in [2.24, 2.45) is 0 Å². The van der Waals surface area contributed by atoms with Crippen LogP contribution in [-0.4, -0.2) is 42.0 Å². The number of carbonyl (C=O) groups is 1. The zero-order valence-corrected chi connectivity index (χ0v) is 20.1. The van der Waals surface area contributed by atoms with E-state index < -0.39 is 0 Å². The molecule has 34 heavy (non-hydrogen) atoms. The summed E-state index contributed by atoms with van der Waals surface area (Å²) in [5.41, 5.74) is 3.67. The van der Waals surface area contributed by atoms with Crippen molar-refractivity contribution in [1.29, 1.82) is 0 Å². The first kappa shape index (κ1) is 23.5. The normalized spacial score (nSPS) is 14.6. The fraction of sp³-hybridized carbons (Fsp3) is 0.286. The summed E-state index contributed by atoms with van der Waals surface area (Å²) in [6, 6.07) is 15.4. The first-order valence-electron chi connectivity index (χ1n) is 11.7. The quantitative estimate of drug-likeness (QED) is 0.495. The van der Waals surface area contributed by atoms with E-state index in [1.54, 1.807) is 18.3 Å². The van der Waals surface area contributed by atoms with Crippen LogP contribution in [0.25, 0.3) is 16.5 Å². The van der Waals surface area contributed by atoms with E-state index in [1.807, 2.05) is 45.2 Å². The standard InChI is InChI=1S/C28H32N4O2/c1-5-26(32(4)19(2)3)21-6-7-22-18-30-27(17-23(22)16-21)31-28(33)20-8-10-24(11-9-20)34-25-12-14-29-15-13-25/h5-11,16-18,25,29H,2,12-15H2,1,3-4H3,(H,30,31,33)/b26-5-. The van der Waals surface area contributed by atoms with Gasteiger partial charge in [-0.05, 0) is 87.1 Å². The van der Waals surface area contributed by atoms with Gasteiger partial charge in [-0.2, -0.15) is 0 Å². The van der Waals surface area contributed by atoms with Crippen LogP contribution in [0.4, 0.5) is 5.82 Å². The van der Waals surface area contributed by atoms with Crippen molar-refractivity contribution in [3.63, 3.8) is 0 Å². The summed E-state index contributed by atoms with van der Waals surface area (Å²) in [7, 11) is 2.00. The maximum absolute atomic E-state index is 12.8. The lowest BCUT2D eigenvalue weighted by molar-refractivity contribution is 0.102. The highest BCUT2D eigenvalue weighted by molar-refractivity contribution is 6.04. The number of piperidine rings is 1. The van der Waals surface area contributed by atoms with Gasteiger partial charge in [0, 0.05) is 35.6 Å². The van der Waals surface area contributed by atoms with Gasteiger partial charge in [0.05, 0.1) is 0 Å². The molecule has 0 radical (unpaired) electrons. The smallest absolute Gasteiger partial charge is 0.256 e. The average Bonchev–Trinajstić information content (AvgIpc) is 2.85. The van der Waals surface area contributed by atoms with Gasteiger partial charge < -0.3 is 20.3 Å².